The molecule has 0 aliphatic heterocycles. The van der Waals surface area contributed by atoms with Crippen LogP contribution in [0.1, 0.15) is 24.8 Å². The van der Waals surface area contributed by atoms with E-state index in [1.165, 1.54) is 0 Å². The highest BCUT2D eigenvalue weighted by Crippen LogP contribution is 2.01. The lowest BCUT2D eigenvalue weighted by Gasteiger charge is -2.15. The largest absolute Gasteiger partial charge is 0.480 e. The van der Waals surface area contributed by atoms with Crippen molar-refractivity contribution in [1.82, 2.24) is 10.6 Å². The van der Waals surface area contributed by atoms with Gasteiger partial charge in [-0.25, -0.2) is 9.59 Å². The SMILES string of the molecule is N#CCC[C@@H](NC(=O)C[C@H](O)CNC(=O)OCc1ccccc1)C(=O)O. The fourth-order valence-electron chi connectivity index (χ4n) is 1.98. The van der Waals surface area contributed by atoms with Gasteiger partial charge < -0.3 is 25.6 Å². The Morgan fingerprint density at radius 3 is 2.54 bits per heavy atom. The lowest BCUT2D eigenvalue weighted by Crippen LogP contribution is -2.43. The summed E-state index contributed by atoms with van der Waals surface area (Å²) in [5.74, 6) is -1.95. The van der Waals surface area contributed by atoms with E-state index in [9.17, 15) is 19.5 Å². The predicted octanol–water partition coefficient (Wildman–Crippen LogP) is 0.537. The number of aliphatic hydroxyl groups is 1. The Labute approximate surface area is 150 Å². The Hall–Kier alpha value is -3.12. The summed E-state index contributed by atoms with van der Waals surface area (Å²) in [5, 5.41) is 31.7. The molecule has 0 aliphatic carbocycles. The predicted molar refractivity (Wildman–Crippen MR) is 89.7 cm³/mol. The fraction of sp³-hybridized carbons (Fsp3) is 0.412. The summed E-state index contributed by atoms with van der Waals surface area (Å²) in [7, 11) is 0. The summed E-state index contributed by atoms with van der Waals surface area (Å²) in [5.41, 5.74) is 0.805. The highest BCUT2D eigenvalue weighted by molar-refractivity contribution is 5.83. The minimum atomic E-state index is -1.26. The zero-order valence-corrected chi connectivity index (χ0v) is 14.1. The van der Waals surface area contributed by atoms with E-state index in [0.717, 1.165) is 5.56 Å². The molecular formula is C17H21N3O6. The molecule has 0 saturated heterocycles. The number of carboxylic acid groups (broad SMARTS) is 1. The molecule has 2 amide bonds. The van der Waals surface area contributed by atoms with Gasteiger partial charge in [0, 0.05) is 13.0 Å². The molecule has 1 rings (SSSR count). The van der Waals surface area contributed by atoms with Gasteiger partial charge in [-0.3, -0.25) is 4.79 Å². The first-order valence-corrected chi connectivity index (χ1v) is 7.94. The van der Waals surface area contributed by atoms with Crippen molar-refractivity contribution in [2.24, 2.45) is 0 Å². The third kappa shape index (κ3) is 8.65. The van der Waals surface area contributed by atoms with Gasteiger partial charge >= 0.3 is 12.1 Å². The fourth-order valence-corrected chi connectivity index (χ4v) is 1.98. The number of aliphatic hydroxyl groups excluding tert-OH is 1. The van der Waals surface area contributed by atoms with Crippen molar-refractivity contribution in [2.45, 2.75) is 38.0 Å². The van der Waals surface area contributed by atoms with E-state index < -0.39 is 36.5 Å². The second-order valence-corrected chi connectivity index (χ2v) is 5.46. The molecule has 0 aromatic heterocycles. The van der Waals surface area contributed by atoms with Crippen LogP contribution in [-0.2, 0) is 20.9 Å². The number of hydrogen-bond donors (Lipinski definition) is 4. The van der Waals surface area contributed by atoms with Crippen molar-refractivity contribution in [3.05, 3.63) is 35.9 Å². The maximum Gasteiger partial charge on any atom is 0.407 e. The monoisotopic (exact) mass is 363 g/mol. The highest BCUT2D eigenvalue weighted by Gasteiger charge is 2.21. The van der Waals surface area contributed by atoms with E-state index in [0.29, 0.717) is 0 Å². The number of nitrogens with zero attached hydrogens (tertiary/aromatic N) is 1. The van der Waals surface area contributed by atoms with Gasteiger partial charge in [0.05, 0.1) is 18.6 Å². The summed E-state index contributed by atoms with van der Waals surface area (Å²) < 4.78 is 4.95. The van der Waals surface area contributed by atoms with Gasteiger partial charge in [0.1, 0.15) is 12.6 Å². The number of benzene rings is 1. The average molecular weight is 363 g/mol. The number of carboxylic acids is 1. The van der Waals surface area contributed by atoms with E-state index >= 15 is 0 Å². The zero-order chi connectivity index (χ0) is 19.4. The summed E-state index contributed by atoms with van der Waals surface area (Å²) in [4.78, 5) is 34.2. The lowest BCUT2D eigenvalue weighted by atomic mass is 10.1. The van der Waals surface area contributed by atoms with Gasteiger partial charge in [0.25, 0.3) is 0 Å². The smallest absolute Gasteiger partial charge is 0.407 e. The van der Waals surface area contributed by atoms with E-state index in [1.54, 1.807) is 30.3 Å². The van der Waals surface area contributed by atoms with Crippen LogP contribution in [-0.4, -0.2) is 46.9 Å². The molecule has 1 aromatic carbocycles. The van der Waals surface area contributed by atoms with Gasteiger partial charge in [-0.2, -0.15) is 5.26 Å². The van der Waals surface area contributed by atoms with Gasteiger partial charge in [0.15, 0.2) is 0 Å². The number of carbonyl (C=O) groups is 3. The van der Waals surface area contributed by atoms with Crippen LogP contribution < -0.4 is 10.6 Å². The second kappa shape index (κ2) is 11.4. The number of ether oxygens (including phenoxy) is 1. The maximum atomic E-state index is 11.7. The van der Waals surface area contributed by atoms with Crippen LogP contribution in [0.3, 0.4) is 0 Å². The van der Waals surface area contributed by atoms with Crippen molar-refractivity contribution in [3.63, 3.8) is 0 Å². The molecule has 4 N–H and O–H groups in total. The number of hydrogen-bond acceptors (Lipinski definition) is 6. The molecule has 9 heteroatoms. The lowest BCUT2D eigenvalue weighted by molar-refractivity contribution is -0.142. The van der Waals surface area contributed by atoms with Crippen LogP contribution in [0.25, 0.3) is 0 Å². The van der Waals surface area contributed by atoms with E-state index in [-0.39, 0.29) is 26.0 Å². The molecule has 0 radical (unpaired) electrons. The number of carbonyl (C=O) groups excluding carboxylic acids is 2. The quantitative estimate of drug-likeness (QED) is 0.474. The van der Waals surface area contributed by atoms with Crippen molar-refractivity contribution >= 4 is 18.0 Å². The highest BCUT2D eigenvalue weighted by atomic mass is 16.5. The third-order valence-corrected chi connectivity index (χ3v) is 3.29. The van der Waals surface area contributed by atoms with Gasteiger partial charge in [0.2, 0.25) is 5.91 Å². The topological polar surface area (TPSA) is 149 Å². The third-order valence-electron chi connectivity index (χ3n) is 3.29. The molecule has 0 unspecified atom stereocenters. The number of rotatable bonds is 10. The van der Waals surface area contributed by atoms with Crippen LogP contribution >= 0.6 is 0 Å². The van der Waals surface area contributed by atoms with Crippen LogP contribution in [0.2, 0.25) is 0 Å². The molecular weight excluding hydrogens is 342 g/mol. The van der Waals surface area contributed by atoms with E-state index in [2.05, 4.69) is 10.6 Å². The van der Waals surface area contributed by atoms with Crippen molar-refractivity contribution < 1.29 is 29.3 Å². The molecule has 0 heterocycles. The van der Waals surface area contributed by atoms with Crippen LogP contribution in [0.15, 0.2) is 30.3 Å². The number of nitrogens with one attached hydrogen (secondary N) is 2. The van der Waals surface area contributed by atoms with Gasteiger partial charge in [-0.05, 0) is 12.0 Å². The number of aliphatic carboxylic acids is 1. The van der Waals surface area contributed by atoms with Gasteiger partial charge in [-0.15, -0.1) is 0 Å². The molecule has 140 valence electrons. The van der Waals surface area contributed by atoms with Crippen LogP contribution in [0.4, 0.5) is 4.79 Å². The molecule has 1 aromatic rings. The molecule has 0 spiro atoms. The van der Waals surface area contributed by atoms with Gasteiger partial charge in [-0.1, -0.05) is 30.3 Å². The number of nitriles is 1. The standard InChI is InChI=1S/C17H21N3O6/c18-8-4-7-14(16(23)24)20-15(22)9-13(21)10-19-17(25)26-11-12-5-2-1-3-6-12/h1-3,5-6,13-14,21H,4,7,9-11H2,(H,19,25)(H,20,22)(H,23,24)/t13-,14+/m0/s1. The summed E-state index contributed by atoms with van der Waals surface area (Å²) >= 11 is 0. The molecule has 2 atom stereocenters. The molecule has 0 aliphatic rings. The number of alkyl carbamates (subject to hydrolysis) is 1. The van der Waals surface area contributed by atoms with Crippen LogP contribution in [0.5, 0.6) is 0 Å². The van der Waals surface area contributed by atoms with E-state index in [1.807, 2.05) is 6.07 Å². The first-order chi connectivity index (χ1) is 12.4. The van der Waals surface area contributed by atoms with Crippen LogP contribution in [0, 0.1) is 11.3 Å². The second-order valence-electron chi connectivity index (χ2n) is 5.46. The molecule has 26 heavy (non-hydrogen) atoms. The zero-order valence-electron chi connectivity index (χ0n) is 14.1. The Morgan fingerprint density at radius 1 is 1.23 bits per heavy atom. The minimum absolute atomic E-state index is 0.0192. The summed E-state index contributed by atoms with van der Waals surface area (Å²) in [6.45, 7) is -0.153. The van der Waals surface area contributed by atoms with Crippen molar-refractivity contribution in [3.8, 4) is 6.07 Å². The molecule has 9 nitrogen and oxygen atoms in total. The van der Waals surface area contributed by atoms with Crippen molar-refractivity contribution in [1.29, 1.82) is 5.26 Å². The minimum Gasteiger partial charge on any atom is -0.480 e. The maximum absolute atomic E-state index is 11.7. The van der Waals surface area contributed by atoms with Crippen molar-refractivity contribution in [2.75, 3.05) is 6.54 Å². The molecule has 0 bridgehead atoms. The Morgan fingerprint density at radius 2 is 1.92 bits per heavy atom. The van der Waals surface area contributed by atoms with E-state index in [4.69, 9.17) is 15.1 Å². The average Bonchev–Trinajstić information content (AvgIpc) is 2.62. The first-order valence-electron chi connectivity index (χ1n) is 7.94. The summed E-state index contributed by atoms with van der Waals surface area (Å²) in [6.07, 6.45) is -2.39. The Balaban J connectivity index is 2.28. The number of amides is 2. The molecule has 0 fully saturated rings. The first kappa shape index (κ1) is 20.9. The molecule has 0 saturated carbocycles. The Bertz CT molecular complexity index is 644. The summed E-state index contributed by atoms with van der Waals surface area (Å²) in [6, 6.07) is 9.63. The normalized spacial score (nSPS) is 12.3. The Kier molecular flexibility index (Phi) is 9.20.